The summed E-state index contributed by atoms with van der Waals surface area (Å²) in [4.78, 5) is 17.1. The van der Waals surface area contributed by atoms with E-state index in [1.54, 1.807) is 0 Å². The number of hydrogen-bond donors (Lipinski definition) is 1. The third-order valence-corrected chi connectivity index (χ3v) is 4.33. The van der Waals surface area contributed by atoms with Crippen LogP contribution in [0.1, 0.15) is 21.5 Å². The van der Waals surface area contributed by atoms with E-state index in [4.69, 9.17) is 0 Å². The highest BCUT2D eigenvalue weighted by atomic mass is 16.1. The molecule has 2 aromatic carbocycles. The van der Waals surface area contributed by atoms with Gasteiger partial charge in [-0.1, -0.05) is 35.9 Å². The second-order valence-electron chi connectivity index (χ2n) is 6.50. The molecule has 0 fully saturated rings. The van der Waals surface area contributed by atoms with Gasteiger partial charge in [-0.15, -0.1) is 0 Å². The number of amides is 1. The first-order valence-corrected chi connectivity index (χ1v) is 8.52. The Balaban J connectivity index is 1.61. The number of pyridine rings is 1. The average Bonchev–Trinajstić information content (AvgIpc) is 3.05. The van der Waals surface area contributed by atoms with Crippen molar-refractivity contribution in [1.82, 2.24) is 9.38 Å². The largest absolute Gasteiger partial charge is 0.322 e. The first kappa shape index (κ1) is 16.1. The van der Waals surface area contributed by atoms with Crippen LogP contribution in [0.4, 0.5) is 5.69 Å². The fraction of sp³-hybridized carbons (Fsp3) is 0.0909. The van der Waals surface area contributed by atoms with Crippen LogP contribution in [0.15, 0.2) is 73.1 Å². The fourth-order valence-corrected chi connectivity index (χ4v) is 2.91. The van der Waals surface area contributed by atoms with Crippen molar-refractivity contribution in [2.75, 3.05) is 5.32 Å². The molecule has 0 saturated heterocycles. The number of hydrogen-bond acceptors (Lipinski definition) is 2. The van der Waals surface area contributed by atoms with Crippen molar-refractivity contribution in [3.05, 3.63) is 89.7 Å². The molecule has 0 radical (unpaired) electrons. The van der Waals surface area contributed by atoms with Crippen molar-refractivity contribution in [3.63, 3.8) is 0 Å². The van der Waals surface area contributed by atoms with Crippen LogP contribution in [0.25, 0.3) is 16.9 Å². The van der Waals surface area contributed by atoms with Gasteiger partial charge in [-0.3, -0.25) is 4.79 Å². The third-order valence-electron chi connectivity index (χ3n) is 4.33. The Labute approximate surface area is 152 Å². The van der Waals surface area contributed by atoms with Gasteiger partial charge in [0.1, 0.15) is 5.65 Å². The molecule has 1 amide bonds. The van der Waals surface area contributed by atoms with Crippen molar-refractivity contribution < 1.29 is 4.79 Å². The van der Waals surface area contributed by atoms with E-state index in [9.17, 15) is 4.79 Å². The van der Waals surface area contributed by atoms with Crippen LogP contribution in [0.2, 0.25) is 0 Å². The van der Waals surface area contributed by atoms with Crippen LogP contribution in [-0.4, -0.2) is 15.3 Å². The van der Waals surface area contributed by atoms with Gasteiger partial charge in [0.15, 0.2) is 0 Å². The summed E-state index contributed by atoms with van der Waals surface area (Å²) in [5.74, 6) is -0.118. The maximum Gasteiger partial charge on any atom is 0.255 e. The standard InChI is InChI=1S/C22H19N3O/c1-15-6-9-17(10-7-15)22(26)23-19-5-3-4-18(12-19)20-14-25-13-16(2)8-11-21(25)24-20/h3-14H,1-2H3,(H,23,26). The van der Waals surface area contributed by atoms with Crippen molar-refractivity contribution in [1.29, 1.82) is 0 Å². The van der Waals surface area contributed by atoms with Crippen LogP contribution in [0, 0.1) is 13.8 Å². The topological polar surface area (TPSA) is 46.4 Å². The lowest BCUT2D eigenvalue weighted by Crippen LogP contribution is -2.11. The van der Waals surface area contributed by atoms with Gasteiger partial charge in [0.25, 0.3) is 5.91 Å². The fourth-order valence-electron chi connectivity index (χ4n) is 2.91. The molecular weight excluding hydrogens is 322 g/mol. The minimum atomic E-state index is -0.118. The molecule has 0 saturated carbocycles. The zero-order valence-corrected chi connectivity index (χ0v) is 14.7. The predicted octanol–water partition coefficient (Wildman–Crippen LogP) is 4.87. The Morgan fingerprint density at radius 3 is 2.50 bits per heavy atom. The van der Waals surface area contributed by atoms with E-state index in [1.807, 2.05) is 78.2 Å². The third kappa shape index (κ3) is 3.22. The minimum absolute atomic E-state index is 0.118. The average molecular weight is 341 g/mol. The first-order valence-electron chi connectivity index (χ1n) is 8.52. The maximum atomic E-state index is 12.4. The van der Waals surface area contributed by atoms with Crippen LogP contribution >= 0.6 is 0 Å². The van der Waals surface area contributed by atoms with E-state index in [1.165, 1.54) is 5.56 Å². The highest BCUT2D eigenvalue weighted by Crippen LogP contribution is 2.23. The highest BCUT2D eigenvalue weighted by Gasteiger charge is 2.08. The summed E-state index contributed by atoms with van der Waals surface area (Å²) in [6, 6.07) is 19.3. The number of anilines is 1. The Bertz CT molecular complexity index is 1090. The molecule has 1 N–H and O–H groups in total. The second-order valence-corrected chi connectivity index (χ2v) is 6.50. The summed E-state index contributed by atoms with van der Waals surface area (Å²) < 4.78 is 2.02. The van der Waals surface area contributed by atoms with Crippen molar-refractivity contribution in [2.45, 2.75) is 13.8 Å². The van der Waals surface area contributed by atoms with Crippen molar-refractivity contribution >= 4 is 17.2 Å². The van der Waals surface area contributed by atoms with Gasteiger partial charge in [0.2, 0.25) is 0 Å². The summed E-state index contributed by atoms with van der Waals surface area (Å²) in [6.07, 6.45) is 4.05. The van der Waals surface area contributed by atoms with E-state index in [0.717, 1.165) is 28.2 Å². The van der Waals surface area contributed by atoms with Gasteiger partial charge in [-0.05, 0) is 49.7 Å². The summed E-state index contributed by atoms with van der Waals surface area (Å²) in [5, 5.41) is 2.96. The number of aromatic nitrogens is 2. The van der Waals surface area contributed by atoms with Gasteiger partial charge < -0.3 is 9.72 Å². The van der Waals surface area contributed by atoms with E-state index in [0.29, 0.717) is 5.56 Å². The van der Waals surface area contributed by atoms with Crippen LogP contribution in [0.5, 0.6) is 0 Å². The van der Waals surface area contributed by atoms with E-state index in [-0.39, 0.29) is 5.91 Å². The molecule has 4 rings (SSSR count). The molecule has 2 heterocycles. The summed E-state index contributed by atoms with van der Waals surface area (Å²) in [6.45, 7) is 4.06. The smallest absolute Gasteiger partial charge is 0.255 e. The molecule has 0 atom stereocenters. The van der Waals surface area contributed by atoms with E-state index >= 15 is 0 Å². The molecule has 26 heavy (non-hydrogen) atoms. The van der Waals surface area contributed by atoms with Crippen LogP contribution in [0.3, 0.4) is 0 Å². The van der Waals surface area contributed by atoms with Crippen molar-refractivity contribution in [2.24, 2.45) is 0 Å². The number of benzene rings is 2. The molecule has 4 nitrogen and oxygen atoms in total. The maximum absolute atomic E-state index is 12.4. The molecule has 0 aliphatic rings. The summed E-state index contributed by atoms with van der Waals surface area (Å²) in [7, 11) is 0. The van der Waals surface area contributed by atoms with Gasteiger partial charge in [0, 0.05) is 29.2 Å². The Hall–Kier alpha value is -3.40. The number of aryl methyl sites for hydroxylation is 2. The van der Waals surface area contributed by atoms with Crippen LogP contribution in [-0.2, 0) is 0 Å². The monoisotopic (exact) mass is 341 g/mol. The lowest BCUT2D eigenvalue weighted by Gasteiger charge is -2.07. The van der Waals surface area contributed by atoms with Gasteiger partial charge in [-0.2, -0.15) is 0 Å². The van der Waals surface area contributed by atoms with Crippen molar-refractivity contribution in [3.8, 4) is 11.3 Å². The number of nitrogens with zero attached hydrogens (tertiary/aromatic N) is 2. The quantitative estimate of drug-likeness (QED) is 0.578. The molecular formula is C22H19N3O. The molecule has 0 bridgehead atoms. The SMILES string of the molecule is Cc1ccc(C(=O)Nc2cccc(-c3cn4cc(C)ccc4n3)c2)cc1. The Morgan fingerprint density at radius 1 is 0.923 bits per heavy atom. The molecule has 128 valence electrons. The van der Waals surface area contributed by atoms with Gasteiger partial charge >= 0.3 is 0 Å². The molecule has 0 spiro atoms. The zero-order valence-electron chi connectivity index (χ0n) is 14.7. The zero-order chi connectivity index (χ0) is 18.1. The molecule has 4 aromatic rings. The number of rotatable bonds is 3. The highest BCUT2D eigenvalue weighted by molar-refractivity contribution is 6.04. The molecule has 0 unspecified atom stereocenters. The number of carbonyl (C=O) groups is 1. The predicted molar refractivity (Wildman–Crippen MR) is 104 cm³/mol. The summed E-state index contributed by atoms with van der Waals surface area (Å²) >= 11 is 0. The Kier molecular flexibility index (Phi) is 4.01. The number of imidazole rings is 1. The lowest BCUT2D eigenvalue weighted by atomic mass is 10.1. The number of fused-ring (bicyclic) bond motifs is 1. The first-order chi connectivity index (χ1) is 12.6. The normalized spacial score (nSPS) is 10.8. The number of carbonyl (C=O) groups excluding carboxylic acids is 1. The molecule has 4 heteroatoms. The molecule has 0 aliphatic heterocycles. The second kappa shape index (κ2) is 6.48. The minimum Gasteiger partial charge on any atom is -0.322 e. The lowest BCUT2D eigenvalue weighted by molar-refractivity contribution is 0.102. The Morgan fingerprint density at radius 2 is 1.69 bits per heavy atom. The van der Waals surface area contributed by atoms with Crippen LogP contribution < -0.4 is 5.32 Å². The molecule has 2 aromatic heterocycles. The number of nitrogens with one attached hydrogen (secondary N) is 1. The van der Waals surface area contributed by atoms with E-state index < -0.39 is 0 Å². The summed E-state index contributed by atoms with van der Waals surface area (Å²) in [5.41, 5.74) is 6.45. The van der Waals surface area contributed by atoms with E-state index in [2.05, 4.69) is 23.4 Å². The van der Waals surface area contributed by atoms with Gasteiger partial charge in [-0.25, -0.2) is 4.98 Å². The molecule has 0 aliphatic carbocycles. The van der Waals surface area contributed by atoms with Gasteiger partial charge in [0.05, 0.1) is 5.69 Å².